The summed E-state index contributed by atoms with van der Waals surface area (Å²) < 4.78 is 49.4. The summed E-state index contributed by atoms with van der Waals surface area (Å²) in [4.78, 5) is 24.9. The van der Waals surface area contributed by atoms with Gasteiger partial charge in [0.1, 0.15) is 11.6 Å². The van der Waals surface area contributed by atoms with E-state index >= 15 is 0 Å². The third-order valence-electron chi connectivity index (χ3n) is 6.12. The summed E-state index contributed by atoms with van der Waals surface area (Å²) in [7, 11) is 1.39. The molecule has 2 atom stereocenters. The number of halogens is 3. The molecule has 0 aliphatic heterocycles. The van der Waals surface area contributed by atoms with Crippen molar-refractivity contribution in [3.05, 3.63) is 59.2 Å². The van der Waals surface area contributed by atoms with Gasteiger partial charge in [-0.25, -0.2) is 0 Å². The molecule has 10 heteroatoms. The molecular formula is C27H28F3N3O4. The lowest BCUT2D eigenvalue weighted by Gasteiger charge is -2.29. The van der Waals surface area contributed by atoms with Crippen molar-refractivity contribution in [3.63, 3.8) is 0 Å². The van der Waals surface area contributed by atoms with Gasteiger partial charge in [0.05, 0.1) is 12.7 Å². The molecule has 1 aliphatic carbocycles. The predicted octanol–water partition coefficient (Wildman–Crippen LogP) is 5.33. The van der Waals surface area contributed by atoms with Crippen LogP contribution >= 0.6 is 0 Å². The van der Waals surface area contributed by atoms with E-state index in [9.17, 15) is 28.0 Å². The van der Waals surface area contributed by atoms with Crippen molar-refractivity contribution < 1.29 is 32.2 Å². The van der Waals surface area contributed by atoms with Gasteiger partial charge in [0.25, 0.3) is 11.8 Å². The molecule has 0 aromatic heterocycles. The molecule has 0 heterocycles. The molecule has 2 amide bonds. The van der Waals surface area contributed by atoms with Gasteiger partial charge in [-0.05, 0) is 60.7 Å². The number of alkyl halides is 3. The Morgan fingerprint density at radius 2 is 1.89 bits per heavy atom. The number of anilines is 1. The number of benzene rings is 2. The molecule has 37 heavy (non-hydrogen) atoms. The van der Waals surface area contributed by atoms with Gasteiger partial charge in [-0.2, -0.15) is 18.4 Å². The summed E-state index contributed by atoms with van der Waals surface area (Å²) in [5, 5.41) is 14.8. The third-order valence-corrected chi connectivity index (χ3v) is 6.12. The summed E-state index contributed by atoms with van der Waals surface area (Å²) >= 11 is 0. The topological polar surface area (TPSA) is 100 Å². The number of carbonyl (C=O) groups excluding carboxylic acids is 2. The molecule has 1 fully saturated rings. The van der Waals surface area contributed by atoms with Crippen LogP contribution in [0, 0.1) is 17.2 Å². The molecule has 2 aromatic carbocycles. The molecule has 2 aromatic rings. The number of nitriles is 1. The van der Waals surface area contributed by atoms with Crippen LogP contribution in [0.1, 0.15) is 43.7 Å². The normalized spacial score (nSPS) is 17.9. The van der Waals surface area contributed by atoms with Gasteiger partial charge >= 0.3 is 6.18 Å². The molecule has 3 rings (SSSR count). The van der Waals surface area contributed by atoms with Gasteiger partial charge in [0.2, 0.25) is 0 Å². The Bertz CT molecular complexity index is 1200. The second-order valence-electron chi connectivity index (χ2n) is 8.84. The number of hydrogen-bond donors (Lipinski definition) is 2. The Kier molecular flexibility index (Phi) is 9.17. The second-order valence-corrected chi connectivity index (χ2v) is 8.84. The van der Waals surface area contributed by atoms with Crippen LogP contribution in [-0.4, -0.2) is 31.6 Å². The van der Waals surface area contributed by atoms with Crippen molar-refractivity contribution in [1.82, 2.24) is 5.32 Å². The minimum atomic E-state index is -4.53. The molecule has 0 spiro atoms. The van der Waals surface area contributed by atoms with Gasteiger partial charge in [-0.3, -0.25) is 9.59 Å². The van der Waals surface area contributed by atoms with E-state index in [2.05, 4.69) is 17.6 Å². The zero-order valence-electron chi connectivity index (χ0n) is 20.5. The van der Waals surface area contributed by atoms with E-state index in [1.165, 1.54) is 31.4 Å². The summed E-state index contributed by atoms with van der Waals surface area (Å²) in [6, 6.07) is 10.9. The second kappa shape index (κ2) is 12.3. The minimum absolute atomic E-state index is 0.0131. The van der Waals surface area contributed by atoms with Gasteiger partial charge in [0.15, 0.2) is 18.1 Å². The SMILES string of the molecule is COc1cc(/C=C(/C#N)C(=O)NC2CCCCC2C)ccc1OCC(=O)Nc1cccc(C(F)(F)F)c1. The number of hydrogen-bond acceptors (Lipinski definition) is 5. The highest BCUT2D eigenvalue weighted by molar-refractivity contribution is 6.02. The lowest BCUT2D eigenvalue weighted by atomic mass is 9.86. The maximum Gasteiger partial charge on any atom is 0.416 e. The monoisotopic (exact) mass is 515 g/mol. The molecular weight excluding hydrogens is 487 g/mol. The Hall–Kier alpha value is -4.00. The van der Waals surface area contributed by atoms with Gasteiger partial charge in [-0.15, -0.1) is 0 Å². The fraction of sp³-hybridized carbons (Fsp3) is 0.370. The zero-order valence-corrected chi connectivity index (χ0v) is 20.5. The highest BCUT2D eigenvalue weighted by atomic mass is 19.4. The highest BCUT2D eigenvalue weighted by Gasteiger charge is 2.30. The van der Waals surface area contributed by atoms with Crippen LogP contribution < -0.4 is 20.1 Å². The molecule has 0 bridgehead atoms. The predicted molar refractivity (Wildman–Crippen MR) is 132 cm³/mol. The zero-order chi connectivity index (χ0) is 27.0. The van der Waals surface area contributed by atoms with Crippen molar-refractivity contribution in [3.8, 4) is 17.6 Å². The first-order chi connectivity index (χ1) is 17.6. The number of nitrogens with zero attached hydrogens (tertiary/aromatic N) is 1. The molecule has 2 unspecified atom stereocenters. The molecule has 1 saturated carbocycles. The van der Waals surface area contributed by atoms with E-state index in [1.807, 2.05) is 6.07 Å². The smallest absolute Gasteiger partial charge is 0.416 e. The van der Waals surface area contributed by atoms with Crippen molar-refractivity contribution in [2.45, 2.75) is 44.8 Å². The maximum absolute atomic E-state index is 12.9. The van der Waals surface area contributed by atoms with Gasteiger partial charge in [-0.1, -0.05) is 31.9 Å². The highest BCUT2D eigenvalue weighted by Crippen LogP contribution is 2.31. The summed E-state index contributed by atoms with van der Waals surface area (Å²) in [5.41, 5.74) is -0.425. The standard InChI is InChI=1S/C27H28F3N3O4/c1-17-6-3-4-9-22(17)33-26(35)19(15-31)12-18-10-11-23(24(13-18)36-2)37-16-25(34)32-21-8-5-7-20(14-21)27(28,29)30/h5,7-8,10-14,17,22H,3-4,6,9,16H2,1-2H3,(H,32,34)(H,33,35)/b19-12-. The van der Waals surface area contributed by atoms with E-state index < -0.39 is 30.2 Å². The number of rotatable bonds is 8. The lowest BCUT2D eigenvalue weighted by molar-refractivity contribution is -0.137. The summed E-state index contributed by atoms with van der Waals surface area (Å²) in [6.45, 7) is 1.61. The van der Waals surface area contributed by atoms with Crippen LogP contribution in [0.2, 0.25) is 0 Å². The molecule has 0 saturated heterocycles. The molecule has 0 radical (unpaired) electrons. The van der Waals surface area contributed by atoms with Gasteiger partial charge < -0.3 is 20.1 Å². The van der Waals surface area contributed by atoms with Crippen LogP contribution in [0.3, 0.4) is 0 Å². The summed E-state index contributed by atoms with van der Waals surface area (Å²) in [6.07, 6.45) is 1.00. The van der Waals surface area contributed by atoms with Crippen molar-refractivity contribution in [1.29, 1.82) is 5.26 Å². The fourth-order valence-corrected chi connectivity index (χ4v) is 4.10. The van der Waals surface area contributed by atoms with Crippen LogP contribution in [0.4, 0.5) is 18.9 Å². The van der Waals surface area contributed by atoms with Gasteiger partial charge in [0, 0.05) is 11.7 Å². The van der Waals surface area contributed by atoms with E-state index in [0.29, 0.717) is 11.5 Å². The Labute approximate surface area is 213 Å². The number of methoxy groups -OCH3 is 1. The first kappa shape index (κ1) is 27.6. The molecule has 2 N–H and O–H groups in total. The average Bonchev–Trinajstić information content (AvgIpc) is 2.87. The maximum atomic E-state index is 12.9. The quantitative estimate of drug-likeness (QED) is 0.366. The first-order valence-corrected chi connectivity index (χ1v) is 11.8. The number of ether oxygens (including phenoxy) is 2. The van der Waals surface area contributed by atoms with Crippen LogP contribution in [0.5, 0.6) is 11.5 Å². The molecule has 196 valence electrons. The first-order valence-electron chi connectivity index (χ1n) is 11.8. The fourth-order valence-electron chi connectivity index (χ4n) is 4.10. The number of carbonyl (C=O) groups is 2. The van der Waals surface area contributed by atoms with E-state index in [-0.39, 0.29) is 28.8 Å². The van der Waals surface area contributed by atoms with Crippen molar-refractivity contribution in [2.24, 2.45) is 5.92 Å². The van der Waals surface area contributed by atoms with Crippen molar-refractivity contribution >= 4 is 23.6 Å². The average molecular weight is 516 g/mol. The van der Waals surface area contributed by atoms with E-state index in [1.54, 1.807) is 12.1 Å². The van der Waals surface area contributed by atoms with Crippen molar-refractivity contribution in [2.75, 3.05) is 19.0 Å². The Balaban J connectivity index is 1.64. The third kappa shape index (κ3) is 7.74. The van der Waals surface area contributed by atoms with Crippen LogP contribution in [-0.2, 0) is 15.8 Å². The Morgan fingerprint density at radius 3 is 2.57 bits per heavy atom. The van der Waals surface area contributed by atoms with E-state index in [0.717, 1.165) is 37.8 Å². The van der Waals surface area contributed by atoms with Crippen LogP contribution in [0.15, 0.2) is 48.0 Å². The number of nitrogens with one attached hydrogen (secondary N) is 2. The van der Waals surface area contributed by atoms with Crippen LogP contribution in [0.25, 0.3) is 6.08 Å². The Morgan fingerprint density at radius 1 is 1.14 bits per heavy atom. The largest absolute Gasteiger partial charge is 0.493 e. The molecule has 7 nitrogen and oxygen atoms in total. The lowest BCUT2D eigenvalue weighted by Crippen LogP contribution is -2.41. The molecule has 1 aliphatic rings. The van der Waals surface area contributed by atoms with E-state index in [4.69, 9.17) is 9.47 Å². The minimum Gasteiger partial charge on any atom is -0.493 e. The summed E-state index contributed by atoms with van der Waals surface area (Å²) in [5.74, 6) is -0.297. The number of amides is 2.